The Balaban J connectivity index is 1.46. The monoisotopic (exact) mass is 463 g/mol. The molecule has 2 aliphatic heterocycles. The van der Waals surface area contributed by atoms with Gasteiger partial charge >= 0.3 is 12.0 Å². The minimum atomic E-state index is -0.497. The van der Waals surface area contributed by atoms with E-state index < -0.39 is 17.5 Å². The summed E-state index contributed by atoms with van der Waals surface area (Å²) < 4.78 is 5.44. The number of nitrogens with one attached hydrogen (secondary N) is 1. The molecular formula is C25H29N5O4. The van der Waals surface area contributed by atoms with Crippen LogP contribution in [0.5, 0.6) is 0 Å². The van der Waals surface area contributed by atoms with Crippen LogP contribution in [0.1, 0.15) is 44.9 Å². The van der Waals surface area contributed by atoms with Gasteiger partial charge in [-0.05, 0) is 50.8 Å². The van der Waals surface area contributed by atoms with Gasteiger partial charge in [0, 0.05) is 19.3 Å². The Bertz CT molecular complexity index is 1110. The number of aromatic nitrogens is 2. The molecule has 2 aliphatic rings. The number of hydrogen-bond acceptors (Lipinski definition) is 7. The van der Waals surface area contributed by atoms with Crippen molar-refractivity contribution in [2.45, 2.75) is 45.8 Å². The topological polar surface area (TPSA) is 105 Å². The first-order chi connectivity index (χ1) is 16.2. The Labute approximate surface area is 198 Å². The van der Waals surface area contributed by atoms with Gasteiger partial charge in [0.1, 0.15) is 11.3 Å². The highest BCUT2D eigenvalue weighted by atomic mass is 16.6. The van der Waals surface area contributed by atoms with Crippen LogP contribution in [-0.2, 0) is 20.9 Å². The minimum Gasteiger partial charge on any atom is -0.460 e. The van der Waals surface area contributed by atoms with Crippen LogP contribution in [0.15, 0.2) is 48.3 Å². The van der Waals surface area contributed by atoms with E-state index >= 15 is 0 Å². The molecule has 0 spiro atoms. The molecule has 0 saturated carbocycles. The Morgan fingerprint density at radius 1 is 1.21 bits per heavy atom. The second-order valence-electron chi connectivity index (χ2n) is 9.53. The lowest BCUT2D eigenvalue weighted by atomic mass is 10.1. The zero-order chi connectivity index (χ0) is 24.3. The SMILES string of the molecule is CC(C)(C)OC(=O)CC1CCN(c2nccc(/C=C3/C(=O)NC(=O)N3Cc3ccccc3)n2)C1. The number of hydrogen-bond donors (Lipinski definition) is 1. The molecule has 1 aromatic carbocycles. The van der Waals surface area contributed by atoms with Gasteiger partial charge < -0.3 is 9.64 Å². The lowest BCUT2D eigenvalue weighted by molar-refractivity contribution is -0.155. The van der Waals surface area contributed by atoms with E-state index in [1.807, 2.05) is 56.0 Å². The number of benzene rings is 1. The van der Waals surface area contributed by atoms with E-state index in [9.17, 15) is 14.4 Å². The van der Waals surface area contributed by atoms with Gasteiger partial charge in [-0.15, -0.1) is 0 Å². The number of ether oxygens (including phenoxy) is 1. The van der Waals surface area contributed by atoms with Gasteiger partial charge in [0.25, 0.3) is 5.91 Å². The Morgan fingerprint density at radius 3 is 2.71 bits per heavy atom. The van der Waals surface area contributed by atoms with E-state index in [2.05, 4.69) is 15.3 Å². The Hall–Kier alpha value is -3.75. The quantitative estimate of drug-likeness (QED) is 0.399. The molecule has 0 radical (unpaired) electrons. The number of carbonyl (C=O) groups excluding carboxylic acids is 3. The third-order valence-electron chi connectivity index (χ3n) is 5.57. The number of nitrogens with zero attached hydrogens (tertiary/aromatic N) is 4. The highest BCUT2D eigenvalue weighted by Crippen LogP contribution is 2.25. The van der Waals surface area contributed by atoms with E-state index in [-0.39, 0.29) is 24.1 Å². The number of rotatable bonds is 6. The molecule has 178 valence electrons. The molecule has 4 rings (SSSR count). The van der Waals surface area contributed by atoms with E-state index in [4.69, 9.17) is 4.74 Å². The summed E-state index contributed by atoms with van der Waals surface area (Å²) >= 11 is 0. The maximum absolute atomic E-state index is 12.4. The summed E-state index contributed by atoms with van der Waals surface area (Å²) in [5, 5.41) is 2.35. The number of anilines is 1. The smallest absolute Gasteiger partial charge is 0.329 e. The molecule has 9 heteroatoms. The molecule has 2 saturated heterocycles. The van der Waals surface area contributed by atoms with Crippen LogP contribution in [0.2, 0.25) is 0 Å². The number of amides is 3. The predicted molar refractivity (Wildman–Crippen MR) is 126 cm³/mol. The zero-order valence-electron chi connectivity index (χ0n) is 19.7. The van der Waals surface area contributed by atoms with Gasteiger partial charge in [-0.25, -0.2) is 14.8 Å². The normalized spacial score (nSPS) is 19.6. The lowest BCUT2D eigenvalue weighted by Gasteiger charge is -2.21. The maximum Gasteiger partial charge on any atom is 0.329 e. The lowest BCUT2D eigenvalue weighted by Crippen LogP contribution is -2.27. The summed E-state index contributed by atoms with van der Waals surface area (Å²) in [6.45, 7) is 7.24. The summed E-state index contributed by atoms with van der Waals surface area (Å²) in [7, 11) is 0. The first-order valence-electron chi connectivity index (χ1n) is 11.4. The van der Waals surface area contributed by atoms with E-state index in [0.717, 1.165) is 18.5 Å². The summed E-state index contributed by atoms with van der Waals surface area (Å²) in [6, 6.07) is 10.7. The average Bonchev–Trinajstić information content (AvgIpc) is 3.33. The van der Waals surface area contributed by atoms with E-state index in [1.54, 1.807) is 18.3 Å². The fourth-order valence-electron chi connectivity index (χ4n) is 4.06. The summed E-state index contributed by atoms with van der Waals surface area (Å²) in [5.74, 6) is 0.0364. The van der Waals surface area contributed by atoms with Crippen molar-refractivity contribution in [2.75, 3.05) is 18.0 Å². The van der Waals surface area contributed by atoms with Crippen molar-refractivity contribution < 1.29 is 19.1 Å². The van der Waals surface area contributed by atoms with Crippen molar-refractivity contribution in [2.24, 2.45) is 5.92 Å². The number of imide groups is 1. The fourth-order valence-corrected chi connectivity index (χ4v) is 4.06. The second-order valence-corrected chi connectivity index (χ2v) is 9.53. The zero-order valence-corrected chi connectivity index (χ0v) is 19.7. The van der Waals surface area contributed by atoms with Crippen LogP contribution in [0.4, 0.5) is 10.7 Å². The van der Waals surface area contributed by atoms with Crippen molar-refractivity contribution in [3.8, 4) is 0 Å². The third-order valence-corrected chi connectivity index (χ3v) is 5.57. The van der Waals surface area contributed by atoms with Gasteiger partial charge in [-0.2, -0.15) is 0 Å². The molecule has 1 N–H and O–H groups in total. The molecule has 1 aromatic heterocycles. The van der Waals surface area contributed by atoms with Gasteiger partial charge in [0.15, 0.2) is 0 Å². The van der Waals surface area contributed by atoms with Crippen molar-refractivity contribution in [3.05, 3.63) is 59.5 Å². The molecule has 1 unspecified atom stereocenters. The van der Waals surface area contributed by atoms with Crippen molar-refractivity contribution in [1.82, 2.24) is 20.2 Å². The van der Waals surface area contributed by atoms with Crippen LogP contribution in [-0.4, -0.2) is 51.5 Å². The molecule has 0 aliphatic carbocycles. The number of esters is 1. The minimum absolute atomic E-state index is 0.167. The molecule has 2 fully saturated rings. The van der Waals surface area contributed by atoms with Crippen LogP contribution >= 0.6 is 0 Å². The van der Waals surface area contributed by atoms with Crippen LogP contribution < -0.4 is 10.2 Å². The molecular weight excluding hydrogens is 434 g/mol. The molecule has 9 nitrogen and oxygen atoms in total. The second kappa shape index (κ2) is 9.62. The molecule has 3 heterocycles. The highest BCUT2D eigenvalue weighted by molar-refractivity contribution is 6.13. The Morgan fingerprint density at radius 2 is 1.97 bits per heavy atom. The number of carbonyl (C=O) groups is 3. The van der Waals surface area contributed by atoms with Crippen molar-refractivity contribution in [3.63, 3.8) is 0 Å². The fraction of sp³-hybridized carbons (Fsp3) is 0.400. The predicted octanol–water partition coefficient (Wildman–Crippen LogP) is 3.13. The van der Waals surface area contributed by atoms with Crippen LogP contribution in [0.25, 0.3) is 6.08 Å². The maximum atomic E-state index is 12.4. The van der Waals surface area contributed by atoms with Gasteiger partial charge in [0.2, 0.25) is 5.95 Å². The average molecular weight is 464 g/mol. The third kappa shape index (κ3) is 5.78. The molecule has 2 aromatic rings. The van der Waals surface area contributed by atoms with Crippen molar-refractivity contribution >= 4 is 29.9 Å². The van der Waals surface area contributed by atoms with E-state index in [0.29, 0.717) is 24.6 Å². The standard InChI is InChI=1S/C25H29N5O4/c1-25(2,3)34-21(31)13-18-10-12-29(15-18)23-26-11-9-19(27-23)14-20-22(32)28-24(33)30(20)16-17-7-5-4-6-8-17/h4-9,11,14,18H,10,12-13,15-16H2,1-3H3,(H,28,32,33)/b20-14-. The van der Waals surface area contributed by atoms with E-state index in [1.165, 1.54) is 4.90 Å². The molecule has 0 bridgehead atoms. The summed E-state index contributed by atoms with van der Waals surface area (Å²) in [5.41, 5.74) is 1.18. The molecule has 3 amide bonds. The largest absolute Gasteiger partial charge is 0.460 e. The first-order valence-corrected chi connectivity index (χ1v) is 11.4. The van der Waals surface area contributed by atoms with Gasteiger partial charge in [0.05, 0.1) is 18.7 Å². The van der Waals surface area contributed by atoms with Gasteiger partial charge in [-0.1, -0.05) is 30.3 Å². The first kappa shape index (κ1) is 23.4. The summed E-state index contributed by atoms with van der Waals surface area (Å²) in [4.78, 5) is 49.4. The molecule has 1 atom stereocenters. The summed E-state index contributed by atoms with van der Waals surface area (Å²) in [6.07, 6.45) is 4.43. The van der Waals surface area contributed by atoms with Gasteiger partial charge in [-0.3, -0.25) is 19.8 Å². The number of urea groups is 1. The highest BCUT2D eigenvalue weighted by Gasteiger charge is 2.33. The van der Waals surface area contributed by atoms with Crippen LogP contribution in [0, 0.1) is 5.92 Å². The van der Waals surface area contributed by atoms with Crippen LogP contribution in [0.3, 0.4) is 0 Å². The Kier molecular flexibility index (Phi) is 6.63. The molecule has 34 heavy (non-hydrogen) atoms. The van der Waals surface area contributed by atoms with Crippen molar-refractivity contribution in [1.29, 1.82) is 0 Å².